The second-order valence-corrected chi connectivity index (χ2v) is 4.84. The molecule has 2 nitrogen and oxygen atoms in total. The quantitative estimate of drug-likeness (QED) is 0.806. The van der Waals surface area contributed by atoms with E-state index in [0.717, 1.165) is 23.9 Å². The summed E-state index contributed by atoms with van der Waals surface area (Å²) in [6.45, 7) is 0. The van der Waals surface area contributed by atoms with E-state index in [-0.39, 0.29) is 11.9 Å². The molecule has 0 unspecified atom stereocenters. The minimum Gasteiger partial charge on any atom is -0.393 e. The Labute approximate surface area is 90.4 Å². The third kappa shape index (κ3) is 1.36. The highest BCUT2D eigenvalue weighted by molar-refractivity contribution is 7.16. The number of aliphatic hydroxyl groups is 1. The Morgan fingerprint density at radius 1 is 1.40 bits per heavy atom. The standard InChI is InChI=1S/C11H10FNOS/c12-9-2-1-8(6-3-7(14)4-6)10-11(9)15-5-13-10/h1-2,5-7,14H,3-4H2. The summed E-state index contributed by atoms with van der Waals surface area (Å²) in [6.07, 6.45) is 1.37. The molecule has 1 aromatic carbocycles. The molecule has 1 aliphatic carbocycles. The van der Waals surface area contributed by atoms with Crippen molar-refractivity contribution >= 4 is 21.6 Å². The monoisotopic (exact) mass is 223 g/mol. The third-order valence-electron chi connectivity index (χ3n) is 3.02. The van der Waals surface area contributed by atoms with E-state index >= 15 is 0 Å². The zero-order valence-electron chi connectivity index (χ0n) is 7.98. The van der Waals surface area contributed by atoms with Crippen LogP contribution in [0.3, 0.4) is 0 Å². The molecule has 2 aromatic rings. The van der Waals surface area contributed by atoms with Crippen LogP contribution in [0.1, 0.15) is 24.3 Å². The number of hydrogen-bond donors (Lipinski definition) is 1. The van der Waals surface area contributed by atoms with Crippen LogP contribution in [0.4, 0.5) is 4.39 Å². The largest absolute Gasteiger partial charge is 0.393 e. The molecule has 0 aliphatic heterocycles. The molecule has 1 aliphatic rings. The average molecular weight is 223 g/mol. The smallest absolute Gasteiger partial charge is 0.142 e. The molecule has 4 heteroatoms. The van der Waals surface area contributed by atoms with Gasteiger partial charge in [-0.15, -0.1) is 11.3 Å². The molecule has 78 valence electrons. The fourth-order valence-corrected chi connectivity index (χ4v) is 2.84. The highest BCUT2D eigenvalue weighted by atomic mass is 32.1. The molecular formula is C11H10FNOS. The Morgan fingerprint density at radius 2 is 2.20 bits per heavy atom. The lowest BCUT2D eigenvalue weighted by molar-refractivity contribution is 0.0750. The van der Waals surface area contributed by atoms with Crippen molar-refractivity contribution in [1.29, 1.82) is 0 Å². The van der Waals surface area contributed by atoms with E-state index in [2.05, 4.69) is 4.98 Å². The second kappa shape index (κ2) is 3.25. The second-order valence-electron chi connectivity index (χ2n) is 3.99. The molecule has 0 bridgehead atoms. The molecule has 1 heterocycles. The molecule has 1 fully saturated rings. The van der Waals surface area contributed by atoms with Crippen molar-refractivity contribution in [3.63, 3.8) is 0 Å². The first-order valence-electron chi connectivity index (χ1n) is 4.95. The summed E-state index contributed by atoms with van der Waals surface area (Å²) in [5.74, 6) is 0.154. The summed E-state index contributed by atoms with van der Waals surface area (Å²) in [4.78, 5) is 4.20. The van der Waals surface area contributed by atoms with E-state index in [1.165, 1.54) is 17.4 Å². The van der Waals surface area contributed by atoms with E-state index in [1.807, 2.05) is 0 Å². The number of thiazole rings is 1. The van der Waals surface area contributed by atoms with Gasteiger partial charge >= 0.3 is 0 Å². The van der Waals surface area contributed by atoms with Crippen LogP contribution in [0, 0.1) is 5.82 Å². The maximum absolute atomic E-state index is 13.4. The molecule has 0 spiro atoms. The lowest BCUT2D eigenvalue weighted by Gasteiger charge is -2.31. The van der Waals surface area contributed by atoms with Gasteiger partial charge in [0, 0.05) is 0 Å². The maximum atomic E-state index is 13.4. The topological polar surface area (TPSA) is 33.1 Å². The van der Waals surface area contributed by atoms with Gasteiger partial charge in [-0.2, -0.15) is 0 Å². The predicted octanol–water partition coefficient (Wildman–Crippen LogP) is 2.67. The van der Waals surface area contributed by atoms with E-state index in [0.29, 0.717) is 10.6 Å². The van der Waals surface area contributed by atoms with Crippen molar-refractivity contribution in [2.45, 2.75) is 24.9 Å². The summed E-state index contributed by atoms with van der Waals surface area (Å²) in [5.41, 5.74) is 3.53. The van der Waals surface area contributed by atoms with Gasteiger partial charge in [-0.3, -0.25) is 0 Å². The first kappa shape index (κ1) is 9.24. The van der Waals surface area contributed by atoms with Crippen LogP contribution in [0.15, 0.2) is 17.6 Å². The van der Waals surface area contributed by atoms with Gasteiger partial charge in [-0.25, -0.2) is 9.37 Å². The summed E-state index contributed by atoms with van der Waals surface area (Å²) in [6, 6.07) is 3.30. The molecule has 0 radical (unpaired) electrons. The highest BCUT2D eigenvalue weighted by Crippen LogP contribution is 2.40. The summed E-state index contributed by atoms with van der Waals surface area (Å²) in [7, 11) is 0. The van der Waals surface area contributed by atoms with E-state index < -0.39 is 0 Å². The van der Waals surface area contributed by atoms with Gasteiger partial charge in [0.2, 0.25) is 0 Å². The maximum Gasteiger partial charge on any atom is 0.142 e. The van der Waals surface area contributed by atoms with Crippen molar-refractivity contribution in [2.75, 3.05) is 0 Å². The Morgan fingerprint density at radius 3 is 2.93 bits per heavy atom. The van der Waals surface area contributed by atoms with Crippen molar-refractivity contribution in [1.82, 2.24) is 4.98 Å². The number of aliphatic hydroxyl groups excluding tert-OH is 1. The van der Waals surface area contributed by atoms with Crippen molar-refractivity contribution < 1.29 is 9.50 Å². The van der Waals surface area contributed by atoms with Crippen LogP contribution < -0.4 is 0 Å². The normalized spacial score (nSPS) is 25.5. The van der Waals surface area contributed by atoms with Gasteiger partial charge in [0.1, 0.15) is 5.82 Å². The van der Waals surface area contributed by atoms with Crippen LogP contribution in [-0.4, -0.2) is 16.2 Å². The molecule has 1 saturated carbocycles. The predicted molar refractivity (Wildman–Crippen MR) is 57.6 cm³/mol. The molecule has 0 saturated heterocycles. The molecule has 1 N–H and O–H groups in total. The average Bonchev–Trinajstić information content (AvgIpc) is 2.64. The van der Waals surface area contributed by atoms with Gasteiger partial charge in [-0.1, -0.05) is 6.07 Å². The molecule has 0 atom stereocenters. The Balaban J connectivity index is 2.11. The Hall–Kier alpha value is -1.00. The number of rotatable bonds is 1. The van der Waals surface area contributed by atoms with Crippen molar-refractivity contribution in [3.8, 4) is 0 Å². The fraction of sp³-hybridized carbons (Fsp3) is 0.364. The Kier molecular flexibility index (Phi) is 2.00. The van der Waals surface area contributed by atoms with Crippen LogP contribution in [0.2, 0.25) is 0 Å². The molecule has 3 rings (SSSR count). The van der Waals surface area contributed by atoms with Crippen LogP contribution in [0.5, 0.6) is 0 Å². The van der Waals surface area contributed by atoms with Crippen molar-refractivity contribution in [3.05, 3.63) is 29.0 Å². The number of halogens is 1. The van der Waals surface area contributed by atoms with Crippen LogP contribution in [-0.2, 0) is 0 Å². The van der Waals surface area contributed by atoms with E-state index in [1.54, 1.807) is 11.6 Å². The van der Waals surface area contributed by atoms with Gasteiger partial charge in [-0.05, 0) is 30.4 Å². The first-order valence-corrected chi connectivity index (χ1v) is 5.83. The Bertz CT molecular complexity index is 504. The van der Waals surface area contributed by atoms with E-state index in [9.17, 15) is 9.50 Å². The summed E-state index contributed by atoms with van der Waals surface area (Å²) < 4.78 is 14.0. The molecule has 0 amide bonds. The number of aromatic nitrogens is 1. The lowest BCUT2D eigenvalue weighted by Crippen LogP contribution is -2.26. The fourth-order valence-electron chi connectivity index (χ4n) is 2.11. The minimum atomic E-state index is -0.198. The third-order valence-corrected chi connectivity index (χ3v) is 3.85. The van der Waals surface area contributed by atoms with Crippen LogP contribution in [0.25, 0.3) is 10.2 Å². The number of hydrogen-bond acceptors (Lipinski definition) is 3. The van der Waals surface area contributed by atoms with Crippen LogP contribution >= 0.6 is 11.3 Å². The summed E-state index contributed by atoms with van der Waals surface area (Å²) in [5, 5.41) is 9.27. The zero-order valence-corrected chi connectivity index (χ0v) is 8.80. The van der Waals surface area contributed by atoms with E-state index in [4.69, 9.17) is 0 Å². The molecule has 15 heavy (non-hydrogen) atoms. The number of fused-ring (bicyclic) bond motifs is 1. The zero-order chi connectivity index (χ0) is 10.4. The van der Waals surface area contributed by atoms with Gasteiger partial charge in [0.05, 0.1) is 21.8 Å². The number of benzene rings is 1. The SMILES string of the molecule is OC1CC(c2ccc(F)c3scnc23)C1. The van der Waals surface area contributed by atoms with Gasteiger partial charge in [0.25, 0.3) is 0 Å². The minimum absolute atomic E-state index is 0.186. The molecular weight excluding hydrogens is 213 g/mol. The van der Waals surface area contributed by atoms with Gasteiger partial charge < -0.3 is 5.11 Å². The lowest BCUT2D eigenvalue weighted by atomic mass is 9.77. The van der Waals surface area contributed by atoms with Crippen molar-refractivity contribution in [2.24, 2.45) is 0 Å². The molecule has 1 aromatic heterocycles. The number of nitrogens with zero attached hydrogens (tertiary/aromatic N) is 1. The summed E-state index contributed by atoms with van der Waals surface area (Å²) >= 11 is 1.33. The van der Waals surface area contributed by atoms with Gasteiger partial charge in [0.15, 0.2) is 0 Å². The first-order chi connectivity index (χ1) is 7.25. The highest BCUT2D eigenvalue weighted by Gasteiger charge is 2.30.